The third kappa shape index (κ3) is 4.63. The van der Waals surface area contributed by atoms with Gasteiger partial charge in [0.2, 0.25) is 11.2 Å². The number of hydrogen-bond acceptors (Lipinski definition) is 4. The van der Waals surface area contributed by atoms with Gasteiger partial charge in [-0.1, -0.05) is 50.6 Å². The van der Waals surface area contributed by atoms with Crippen LogP contribution in [0.15, 0.2) is 76.1 Å². The number of rotatable bonds is 5. The summed E-state index contributed by atoms with van der Waals surface area (Å²) in [6, 6.07) is 16.9. The molecule has 1 heterocycles. The van der Waals surface area contributed by atoms with E-state index in [4.69, 9.17) is 25.5 Å². The van der Waals surface area contributed by atoms with E-state index in [2.05, 4.69) is 20.8 Å². The van der Waals surface area contributed by atoms with Crippen LogP contribution in [0.5, 0.6) is 17.2 Å². The van der Waals surface area contributed by atoms with Crippen LogP contribution < -0.4 is 14.9 Å². The first-order valence-electron chi connectivity index (χ1n) is 10.1. The Balaban J connectivity index is 1.54. The molecule has 3 aromatic carbocycles. The minimum atomic E-state index is -0.442. The Hall–Kier alpha value is -3.31. The maximum absolute atomic E-state index is 13.9. The van der Waals surface area contributed by atoms with Gasteiger partial charge in [-0.25, -0.2) is 4.39 Å². The summed E-state index contributed by atoms with van der Waals surface area (Å²) in [6.07, 6.45) is 1.28. The van der Waals surface area contributed by atoms with E-state index in [-0.39, 0.29) is 33.8 Å². The molecule has 0 bridgehead atoms. The molecule has 0 saturated carbocycles. The smallest absolute Gasteiger partial charge is 0.235 e. The van der Waals surface area contributed by atoms with E-state index in [0.29, 0.717) is 22.5 Å². The molecule has 0 atom stereocenters. The highest BCUT2D eigenvalue weighted by molar-refractivity contribution is 6.31. The average molecular weight is 453 g/mol. The zero-order valence-corrected chi connectivity index (χ0v) is 18.7. The number of halogens is 2. The second-order valence-electron chi connectivity index (χ2n) is 8.45. The summed E-state index contributed by atoms with van der Waals surface area (Å²) in [4.78, 5) is 12.8. The third-order valence-electron chi connectivity index (χ3n) is 5.11. The quantitative estimate of drug-likeness (QED) is 0.320. The Bertz CT molecular complexity index is 1300. The fraction of sp³-hybridized carbons (Fsp3) is 0.192. The van der Waals surface area contributed by atoms with Gasteiger partial charge in [-0.15, -0.1) is 0 Å². The van der Waals surface area contributed by atoms with E-state index in [1.807, 2.05) is 24.3 Å². The van der Waals surface area contributed by atoms with Crippen molar-refractivity contribution in [2.24, 2.45) is 0 Å². The zero-order valence-electron chi connectivity index (χ0n) is 17.9. The molecule has 0 radical (unpaired) electrons. The summed E-state index contributed by atoms with van der Waals surface area (Å²) in [5.41, 5.74) is 1.49. The molecule has 0 unspecified atom stereocenters. The SMILES string of the molecule is CC(C)(C)c1ccc(Oc2coc3cc(OCc4c(F)cccc4Cl)ccc3c2=O)cc1. The number of fused-ring (bicyclic) bond motifs is 1. The van der Waals surface area contributed by atoms with Gasteiger partial charge in [0.25, 0.3) is 0 Å². The van der Waals surface area contributed by atoms with E-state index in [1.54, 1.807) is 24.3 Å². The lowest BCUT2D eigenvalue weighted by Gasteiger charge is -2.19. The van der Waals surface area contributed by atoms with Crippen molar-refractivity contribution in [3.05, 3.63) is 99.1 Å². The van der Waals surface area contributed by atoms with Gasteiger partial charge in [0.1, 0.15) is 35.8 Å². The van der Waals surface area contributed by atoms with Gasteiger partial charge in [0.05, 0.1) is 10.4 Å². The highest BCUT2D eigenvalue weighted by atomic mass is 35.5. The lowest BCUT2D eigenvalue weighted by molar-refractivity contribution is 0.300. The molecule has 0 saturated heterocycles. The van der Waals surface area contributed by atoms with Crippen molar-refractivity contribution in [1.29, 1.82) is 0 Å². The van der Waals surface area contributed by atoms with E-state index in [9.17, 15) is 9.18 Å². The molecule has 0 fully saturated rings. The zero-order chi connectivity index (χ0) is 22.9. The van der Waals surface area contributed by atoms with Crippen LogP contribution in [-0.4, -0.2) is 0 Å². The summed E-state index contributed by atoms with van der Waals surface area (Å²) in [5.74, 6) is 0.618. The lowest BCUT2D eigenvalue weighted by Crippen LogP contribution is -2.10. The molecular formula is C26H22ClFO4. The molecule has 0 aliphatic carbocycles. The van der Waals surface area contributed by atoms with Crippen molar-refractivity contribution in [1.82, 2.24) is 0 Å². The van der Waals surface area contributed by atoms with Gasteiger partial charge in [0, 0.05) is 11.6 Å². The van der Waals surface area contributed by atoms with Crippen molar-refractivity contribution >= 4 is 22.6 Å². The number of benzene rings is 3. The van der Waals surface area contributed by atoms with Crippen LogP contribution >= 0.6 is 11.6 Å². The van der Waals surface area contributed by atoms with Gasteiger partial charge in [0.15, 0.2) is 0 Å². The molecule has 0 spiro atoms. The normalized spacial score (nSPS) is 11.5. The van der Waals surface area contributed by atoms with Gasteiger partial charge >= 0.3 is 0 Å². The van der Waals surface area contributed by atoms with Crippen LogP contribution in [-0.2, 0) is 12.0 Å². The molecule has 0 aliphatic heterocycles. The molecule has 6 heteroatoms. The van der Waals surface area contributed by atoms with Crippen LogP contribution in [0.4, 0.5) is 4.39 Å². The summed E-state index contributed by atoms with van der Waals surface area (Å²) in [5, 5.41) is 0.639. The lowest BCUT2D eigenvalue weighted by atomic mass is 9.87. The Labute approximate surface area is 190 Å². The van der Waals surface area contributed by atoms with Crippen LogP contribution in [0.2, 0.25) is 5.02 Å². The molecule has 0 amide bonds. The van der Waals surface area contributed by atoms with Crippen LogP contribution in [0.25, 0.3) is 11.0 Å². The fourth-order valence-electron chi connectivity index (χ4n) is 3.23. The van der Waals surface area contributed by atoms with Crippen molar-refractivity contribution in [3.8, 4) is 17.2 Å². The minimum Gasteiger partial charge on any atom is -0.489 e. The Kier molecular flexibility index (Phi) is 5.94. The molecule has 0 aliphatic rings. The van der Waals surface area contributed by atoms with Crippen molar-refractivity contribution < 1.29 is 18.3 Å². The van der Waals surface area contributed by atoms with Gasteiger partial charge < -0.3 is 13.9 Å². The monoisotopic (exact) mass is 452 g/mol. The van der Waals surface area contributed by atoms with E-state index < -0.39 is 5.82 Å². The van der Waals surface area contributed by atoms with Crippen molar-refractivity contribution in [2.75, 3.05) is 0 Å². The molecule has 4 nitrogen and oxygen atoms in total. The summed E-state index contributed by atoms with van der Waals surface area (Å²) in [7, 11) is 0. The molecule has 1 aromatic heterocycles. The first kappa shape index (κ1) is 21.9. The number of ether oxygens (including phenoxy) is 2. The van der Waals surface area contributed by atoms with Crippen molar-refractivity contribution in [2.45, 2.75) is 32.8 Å². The van der Waals surface area contributed by atoms with Crippen LogP contribution in [0, 0.1) is 5.82 Å². The molecule has 32 heavy (non-hydrogen) atoms. The van der Waals surface area contributed by atoms with Crippen molar-refractivity contribution in [3.63, 3.8) is 0 Å². The maximum atomic E-state index is 13.9. The molecule has 164 valence electrons. The van der Waals surface area contributed by atoms with Gasteiger partial charge in [-0.3, -0.25) is 4.79 Å². The summed E-state index contributed by atoms with van der Waals surface area (Å²) >= 11 is 6.03. The van der Waals surface area contributed by atoms with Gasteiger partial charge in [-0.05, 0) is 47.4 Å². The van der Waals surface area contributed by atoms with Crippen LogP contribution in [0.1, 0.15) is 31.9 Å². The molecular weight excluding hydrogens is 431 g/mol. The minimum absolute atomic E-state index is 0.0257. The molecule has 0 N–H and O–H groups in total. The Morgan fingerprint density at radius 3 is 2.41 bits per heavy atom. The second-order valence-corrected chi connectivity index (χ2v) is 8.86. The predicted molar refractivity (Wildman–Crippen MR) is 123 cm³/mol. The highest BCUT2D eigenvalue weighted by Crippen LogP contribution is 2.28. The topological polar surface area (TPSA) is 48.7 Å². The van der Waals surface area contributed by atoms with E-state index in [0.717, 1.165) is 0 Å². The largest absolute Gasteiger partial charge is 0.489 e. The first-order valence-corrected chi connectivity index (χ1v) is 10.5. The summed E-state index contributed by atoms with van der Waals surface area (Å²) in [6.45, 7) is 6.34. The number of hydrogen-bond donors (Lipinski definition) is 0. The van der Waals surface area contributed by atoms with E-state index >= 15 is 0 Å². The second kappa shape index (κ2) is 8.67. The Morgan fingerprint density at radius 1 is 1.00 bits per heavy atom. The Morgan fingerprint density at radius 2 is 1.72 bits per heavy atom. The maximum Gasteiger partial charge on any atom is 0.235 e. The predicted octanol–water partition coefficient (Wildman–Crippen LogP) is 7.25. The van der Waals surface area contributed by atoms with E-state index in [1.165, 1.54) is 24.0 Å². The van der Waals surface area contributed by atoms with Gasteiger partial charge in [-0.2, -0.15) is 0 Å². The third-order valence-corrected chi connectivity index (χ3v) is 5.46. The highest BCUT2D eigenvalue weighted by Gasteiger charge is 2.15. The molecule has 4 aromatic rings. The van der Waals surface area contributed by atoms with Crippen LogP contribution in [0.3, 0.4) is 0 Å². The molecule has 4 rings (SSSR count). The average Bonchev–Trinajstić information content (AvgIpc) is 2.75. The fourth-order valence-corrected chi connectivity index (χ4v) is 3.44. The summed E-state index contributed by atoms with van der Waals surface area (Å²) < 4.78 is 30.9. The standard InChI is InChI=1S/C26H22ClFO4/c1-26(2,3)16-7-9-17(10-8-16)32-24-15-31-23-13-18(11-12-19(23)25(24)29)30-14-20-21(27)5-4-6-22(20)28/h4-13,15H,14H2,1-3H3. The first-order chi connectivity index (χ1) is 15.2.